The minimum Gasteiger partial charge on any atom is -0.507 e. The maximum Gasteiger partial charge on any atom is 0.255 e. The summed E-state index contributed by atoms with van der Waals surface area (Å²) in [5.41, 5.74) is 0.482. The van der Waals surface area contributed by atoms with Crippen LogP contribution in [0.15, 0.2) is 109 Å². The number of amides is 2. The van der Waals surface area contributed by atoms with Gasteiger partial charge in [-0.2, -0.15) is 0 Å². The molecule has 0 saturated heterocycles. The molecule has 2 amide bonds. The minimum absolute atomic E-state index is 0.0246. The summed E-state index contributed by atoms with van der Waals surface area (Å²) in [6.07, 6.45) is 4.18. The second-order valence-electron chi connectivity index (χ2n) is 11.0. The largest absolute Gasteiger partial charge is 0.507 e. The molecule has 6 rings (SSSR count). The summed E-state index contributed by atoms with van der Waals surface area (Å²) in [5.74, 6) is -5.48. The number of hydrogen-bond donors (Lipinski definition) is 3. The Bertz CT molecular complexity index is 2360. The zero-order valence-corrected chi connectivity index (χ0v) is 28.9. The SMILES string of the molecule is O=C(Cc1ccnc(Cl)n1)c1cccc(C(=O)Nc2c(F)cccc2F)c1.O=C(Nc1c(F)cccc1F)c1cccc(/C(O)=C\c2ccnc(Cl)n2)c1. The Labute approximate surface area is 314 Å². The summed E-state index contributed by atoms with van der Waals surface area (Å²) in [6, 6.07) is 21.4. The van der Waals surface area contributed by atoms with Crippen molar-refractivity contribution in [1.82, 2.24) is 19.9 Å². The van der Waals surface area contributed by atoms with E-state index >= 15 is 0 Å². The summed E-state index contributed by atoms with van der Waals surface area (Å²) in [4.78, 5) is 52.4. The van der Waals surface area contributed by atoms with Gasteiger partial charge in [-0.05, 0) is 83.9 Å². The van der Waals surface area contributed by atoms with E-state index in [0.717, 1.165) is 24.3 Å². The predicted molar refractivity (Wildman–Crippen MR) is 194 cm³/mol. The highest BCUT2D eigenvalue weighted by atomic mass is 35.5. The first-order valence-electron chi connectivity index (χ1n) is 15.5. The van der Waals surface area contributed by atoms with E-state index < -0.39 is 46.5 Å². The quantitative estimate of drug-likeness (QED) is 0.0572. The second kappa shape index (κ2) is 17.8. The minimum atomic E-state index is -0.892. The normalized spacial score (nSPS) is 10.9. The van der Waals surface area contributed by atoms with E-state index in [0.29, 0.717) is 17.0 Å². The number of carbonyl (C=O) groups excluding carboxylic acids is 3. The number of nitrogens with zero attached hydrogens (tertiary/aromatic N) is 4. The average molecular weight is 776 g/mol. The number of Topliss-reactive ketones (excluding diaryl/α,β-unsaturated/α-hetero) is 1. The van der Waals surface area contributed by atoms with Crippen molar-refractivity contribution in [3.63, 3.8) is 0 Å². The number of para-hydroxylation sites is 2. The Balaban J connectivity index is 0.000000208. The van der Waals surface area contributed by atoms with E-state index in [4.69, 9.17) is 23.2 Å². The number of nitrogens with one attached hydrogen (secondary N) is 2. The fourth-order valence-electron chi connectivity index (χ4n) is 4.65. The lowest BCUT2D eigenvalue weighted by molar-refractivity contribution is 0.0990. The van der Waals surface area contributed by atoms with Crippen LogP contribution in [0.2, 0.25) is 10.6 Å². The van der Waals surface area contributed by atoms with Crippen LogP contribution in [0.3, 0.4) is 0 Å². The van der Waals surface area contributed by atoms with Crippen LogP contribution in [0.5, 0.6) is 0 Å². The molecule has 0 bridgehead atoms. The number of aromatic nitrogens is 4. The Kier molecular flexibility index (Phi) is 12.8. The molecule has 0 fully saturated rings. The van der Waals surface area contributed by atoms with Crippen molar-refractivity contribution >= 4 is 64.0 Å². The van der Waals surface area contributed by atoms with Gasteiger partial charge in [0.15, 0.2) is 5.78 Å². The highest BCUT2D eigenvalue weighted by molar-refractivity contribution is 6.28. The molecule has 16 heteroatoms. The average Bonchev–Trinajstić information content (AvgIpc) is 3.15. The summed E-state index contributed by atoms with van der Waals surface area (Å²) < 4.78 is 54.7. The van der Waals surface area contributed by atoms with Gasteiger partial charge in [-0.1, -0.05) is 36.4 Å². The van der Waals surface area contributed by atoms with E-state index in [1.54, 1.807) is 18.2 Å². The Morgan fingerprint density at radius 1 is 0.611 bits per heavy atom. The number of aliphatic hydroxyl groups is 1. The van der Waals surface area contributed by atoms with Crippen LogP contribution in [0.1, 0.15) is 48.0 Å². The van der Waals surface area contributed by atoms with Crippen molar-refractivity contribution in [3.05, 3.63) is 177 Å². The monoisotopic (exact) mass is 774 g/mol. The molecule has 54 heavy (non-hydrogen) atoms. The predicted octanol–water partition coefficient (Wildman–Crippen LogP) is 8.80. The van der Waals surface area contributed by atoms with Gasteiger partial charge in [-0.3, -0.25) is 14.4 Å². The standard InChI is InChI=1S/2C19H12ClF2N3O2/c2*20-19-23-8-7-13(24-19)10-16(26)11-3-1-4-12(9-11)18(27)25-17-14(21)5-2-6-15(17)22/h1-9H,10H2,(H,25,27);1-10,26H,(H,25,27)/b;16-10+. The summed E-state index contributed by atoms with van der Waals surface area (Å²) in [7, 11) is 0. The number of carbonyl (C=O) groups is 3. The van der Waals surface area contributed by atoms with Crippen LogP contribution >= 0.6 is 23.2 Å². The number of hydrogen-bond acceptors (Lipinski definition) is 8. The number of aliphatic hydroxyl groups excluding tert-OH is 1. The van der Waals surface area contributed by atoms with Gasteiger partial charge in [0, 0.05) is 40.7 Å². The molecular formula is C38H24Cl2F4N6O4. The molecule has 4 aromatic carbocycles. The van der Waals surface area contributed by atoms with Gasteiger partial charge in [-0.25, -0.2) is 37.5 Å². The maximum atomic E-state index is 13.7. The molecule has 3 N–H and O–H groups in total. The van der Waals surface area contributed by atoms with Gasteiger partial charge < -0.3 is 15.7 Å². The van der Waals surface area contributed by atoms with Crippen LogP contribution in [0.4, 0.5) is 28.9 Å². The van der Waals surface area contributed by atoms with Gasteiger partial charge in [0.05, 0.1) is 17.8 Å². The van der Waals surface area contributed by atoms with Gasteiger partial charge in [0.1, 0.15) is 40.4 Å². The van der Waals surface area contributed by atoms with Crippen LogP contribution in [0, 0.1) is 23.3 Å². The van der Waals surface area contributed by atoms with Crippen molar-refractivity contribution < 1.29 is 37.1 Å². The van der Waals surface area contributed by atoms with Gasteiger partial charge >= 0.3 is 0 Å². The fourth-order valence-corrected chi connectivity index (χ4v) is 4.96. The van der Waals surface area contributed by atoms with Crippen LogP contribution < -0.4 is 10.6 Å². The Hall–Kier alpha value is -6.51. The molecular weight excluding hydrogens is 751 g/mol. The summed E-state index contributed by atoms with van der Waals surface area (Å²) in [5, 5.41) is 14.7. The maximum absolute atomic E-state index is 13.7. The van der Waals surface area contributed by atoms with E-state index in [-0.39, 0.29) is 45.2 Å². The van der Waals surface area contributed by atoms with Gasteiger partial charge in [-0.15, -0.1) is 0 Å². The zero-order valence-electron chi connectivity index (χ0n) is 27.4. The van der Waals surface area contributed by atoms with Crippen LogP contribution in [-0.2, 0) is 6.42 Å². The number of halogens is 6. The molecule has 2 heterocycles. The van der Waals surface area contributed by atoms with Gasteiger partial charge in [0.25, 0.3) is 11.8 Å². The number of ketones is 1. The van der Waals surface area contributed by atoms with Crippen LogP contribution in [0.25, 0.3) is 11.8 Å². The molecule has 10 nitrogen and oxygen atoms in total. The van der Waals surface area contributed by atoms with Gasteiger partial charge in [0.2, 0.25) is 10.6 Å². The number of rotatable bonds is 9. The highest BCUT2D eigenvalue weighted by Gasteiger charge is 2.17. The fraction of sp³-hybridized carbons (Fsp3) is 0.0263. The Morgan fingerprint density at radius 2 is 1.06 bits per heavy atom. The molecule has 0 saturated carbocycles. The lowest BCUT2D eigenvalue weighted by Gasteiger charge is -2.08. The third-order valence-electron chi connectivity index (χ3n) is 7.23. The van der Waals surface area contributed by atoms with Crippen LogP contribution in [-0.4, -0.2) is 42.6 Å². The number of benzene rings is 4. The van der Waals surface area contributed by atoms with Crippen molar-refractivity contribution in [1.29, 1.82) is 0 Å². The van der Waals surface area contributed by atoms with E-state index in [1.165, 1.54) is 73.1 Å². The van der Waals surface area contributed by atoms with E-state index in [1.807, 2.05) is 0 Å². The van der Waals surface area contributed by atoms with E-state index in [2.05, 4.69) is 30.6 Å². The van der Waals surface area contributed by atoms with E-state index in [9.17, 15) is 37.1 Å². The molecule has 2 aromatic heterocycles. The highest BCUT2D eigenvalue weighted by Crippen LogP contribution is 2.22. The smallest absolute Gasteiger partial charge is 0.255 e. The Morgan fingerprint density at radius 3 is 1.57 bits per heavy atom. The zero-order chi connectivity index (χ0) is 38.8. The molecule has 0 aliphatic carbocycles. The molecule has 272 valence electrons. The number of anilines is 2. The molecule has 0 aliphatic heterocycles. The third-order valence-corrected chi connectivity index (χ3v) is 7.59. The summed E-state index contributed by atoms with van der Waals surface area (Å²) in [6.45, 7) is 0. The molecule has 6 aromatic rings. The van der Waals surface area contributed by atoms with Crippen molar-refractivity contribution in [2.24, 2.45) is 0 Å². The first kappa shape index (κ1) is 38.7. The molecule has 0 aliphatic rings. The first-order valence-corrected chi connectivity index (χ1v) is 16.2. The lowest BCUT2D eigenvalue weighted by atomic mass is 10.0. The first-order chi connectivity index (χ1) is 25.9. The molecule has 0 radical (unpaired) electrons. The second-order valence-corrected chi connectivity index (χ2v) is 11.6. The molecule has 0 unspecified atom stereocenters. The third kappa shape index (κ3) is 10.3. The summed E-state index contributed by atoms with van der Waals surface area (Å²) >= 11 is 11.4. The topological polar surface area (TPSA) is 147 Å². The van der Waals surface area contributed by atoms with Crippen molar-refractivity contribution in [3.8, 4) is 0 Å². The van der Waals surface area contributed by atoms with Crippen molar-refractivity contribution in [2.45, 2.75) is 6.42 Å². The molecule has 0 atom stereocenters. The molecule has 0 spiro atoms. The van der Waals surface area contributed by atoms with Crippen molar-refractivity contribution in [2.75, 3.05) is 10.6 Å². The lowest BCUT2D eigenvalue weighted by Crippen LogP contribution is -2.15.